The smallest absolute Gasteiger partial charge is 0.257 e. The molecule has 4 rings (SSSR count). The average molecular weight is 431 g/mol. The lowest BCUT2D eigenvalue weighted by Crippen LogP contribution is -2.39. The van der Waals surface area contributed by atoms with E-state index in [0.717, 1.165) is 35.6 Å². The van der Waals surface area contributed by atoms with Crippen LogP contribution >= 0.6 is 0 Å². The second kappa shape index (κ2) is 9.49. The first-order valence-electron chi connectivity index (χ1n) is 11.2. The van der Waals surface area contributed by atoms with Gasteiger partial charge in [-0.3, -0.25) is 19.1 Å². The molecule has 1 N–H and O–H groups in total. The van der Waals surface area contributed by atoms with Gasteiger partial charge in [0.1, 0.15) is 12.4 Å². The number of aryl methyl sites for hydroxylation is 1. The van der Waals surface area contributed by atoms with Crippen LogP contribution in [0.5, 0.6) is 0 Å². The molecule has 1 amide bonds. The third-order valence-electron chi connectivity index (χ3n) is 5.98. The van der Waals surface area contributed by atoms with Crippen molar-refractivity contribution in [2.24, 2.45) is 0 Å². The summed E-state index contributed by atoms with van der Waals surface area (Å²) < 4.78 is 1.49. The molecule has 1 aromatic heterocycles. The van der Waals surface area contributed by atoms with Crippen LogP contribution in [-0.2, 0) is 30.8 Å². The summed E-state index contributed by atoms with van der Waals surface area (Å²) in [5, 5.41) is 2.92. The number of hydrogen-bond acceptors (Lipinski definition) is 4. The van der Waals surface area contributed by atoms with Gasteiger partial charge in [0.15, 0.2) is 0 Å². The molecule has 2 aromatic carbocycles. The number of amides is 1. The fourth-order valence-electron chi connectivity index (χ4n) is 4.18. The predicted octanol–water partition coefficient (Wildman–Crippen LogP) is 3.87. The number of anilines is 1. The third-order valence-corrected chi connectivity index (χ3v) is 5.98. The van der Waals surface area contributed by atoms with E-state index in [1.807, 2.05) is 42.5 Å². The molecule has 3 aromatic rings. The van der Waals surface area contributed by atoms with E-state index in [1.165, 1.54) is 10.1 Å². The number of rotatable bonds is 6. The number of benzene rings is 2. The maximum absolute atomic E-state index is 13.2. The van der Waals surface area contributed by atoms with Crippen LogP contribution < -0.4 is 10.9 Å². The first-order chi connectivity index (χ1) is 15.4. The van der Waals surface area contributed by atoms with E-state index in [0.29, 0.717) is 24.7 Å². The van der Waals surface area contributed by atoms with Gasteiger partial charge in [-0.15, -0.1) is 0 Å². The monoisotopic (exact) mass is 430 g/mol. The van der Waals surface area contributed by atoms with E-state index in [1.54, 1.807) is 6.92 Å². The summed E-state index contributed by atoms with van der Waals surface area (Å²) in [6, 6.07) is 18.1. The van der Waals surface area contributed by atoms with Crippen LogP contribution in [0.25, 0.3) is 0 Å². The molecule has 1 aliphatic heterocycles. The van der Waals surface area contributed by atoms with Crippen LogP contribution in [-0.4, -0.2) is 26.9 Å². The normalized spacial score (nSPS) is 13.8. The molecule has 0 saturated heterocycles. The molecular weight excluding hydrogens is 400 g/mol. The highest BCUT2D eigenvalue weighted by atomic mass is 16.2. The Balaban J connectivity index is 1.48. The topological polar surface area (TPSA) is 67.2 Å². The Bertz CT molecular complexity index is 1170. The highest BCUT2D eigenvalue weighted by molar-refractivity contribution is 5.90. The lowest BCUT2D eigenvalue weighted by Gasteiger charge is -2.28. The zero-order valence-corrected chi connectivity index (χ0v) is 19.0. The predicted molar refractivity (Wildman–Crippen MR) is 127 cm³/mol. The summed E-state index contributed by atoms with van der Waals surface area (Å²) in [5.74, 6) is 0.726. The van der Waals surface area contributed by atoms with E-state index in [-0.39, 0.29) is 18.0 Å². The molecule has 2 heterocycles. The molecule has 0 atom stereocenters. The highest BCUT2D eigenvalue weighted by Crippen LogP contribution is 2.19. The quantitative estimate of drug-likeness (QED) is 0.645. The Morgan fingerprint density at radius 2 is 1.91 bits per heavy atom. The lowest BCUT2D eigenvalue weighted by atomic mass is 10.0. The zero-order valence-electron chi connectivity index (χ0n) is 19.0. The van der Waals surface area contributed by atoms with E-state index in [9.17, 15) is 9.59 Å². The van der Waals surface area contributed by atoms with Crippen LogP contribution in [0.4, 0.5) is 5.69 Å². The lowest BCUT2D eigenvalue weighted by molar-refractivity contribution is -0.116. The first kappa shape index (κ1) is 22.0. The van der Waals surface area contributed by atoms with Gasteiger partial charge < -0.3 is 5.32 Å². The number of fused-ring (bicyclic) bond motifs is 1. The van der Waals surface area contributed by atoms with E-state index in [4.69, 9.17) is 4.98 Å². The summed E-state index contributed by atoms with van der Waals surface area (Å²) in [7, 11) is 0. The van der Waals surface area contributed by atoms with Gasteiger partial charge >= 0.3 is 0 Å². The molecule has 0 aliphatic carbocycles. The van der Waals surface area contributed by atoms with Crippen LogP contribution in [0.3, 0.4) is 0 Å². The molecule has 0 radical (unpaired) electrons. The standard InChI is InChI=1S/C26H30N4O2/c1-18(2)21-10-7-11-22(14-21)28-25(31)17-30-19(3)27-24-16-29(13-12-23(24)26(30)32)15-20-8-5-4-6-9-20/h4-11,14,18H,12-13,15-17H2,1-3H3,(H,28,31). The van der Waals surface area contributed by atoms with Gasteiger partial charge in [-0.25, -0.2) is 4.98 Å². The minimum Gasteiger partial charge on any atom is -0.325 e. The summed E-state index contributed by atoms with van der Waals surface area (Å²) in [6.07, 6.45) is 0.645. The van der Waals surface area contributed by atoms with Gasteiger partial charge in [-0.2, -0.15) is 0 Å². The molecule has 6 heteroatoms. The molecular formula is C26H30N4O2. The van der Waals surface area contributed by atoms with Crippen LogP contribution in [0.15, 0.2) is 59.4 Å². The van der Waals surface area contributed by atoms with Crippen molar-refractivity contribution in [3.8, 4) is 0 Å². The molecule has 32 heavy (non-hydrogen) atoms. The van der Waals surface area contributed by atoms with Gasteiger partial charge in [0.05, 0.1) is 5.69 Å². The average Bonchev–Trinajstić information content (AvgIpc) is 2.77. The third kappa shape index (κ3) is 4.97. The minimum atomic E-state index is -0.223. The van der Waals surface area contributed by atoms with Crippen molar-refractivity contribution in [1.29, 1.82) is 0 Å². The Morgan fingerprint density at radius 3 is 2.66 bits per heavy atom. The zero-order chi connectivity index (χ0) is 22.7. The van der Waals surface area contributed by atoms with Gasteiger partial charge in [0, 0.05) is 30.9 Å². The largest absolute Gasteiger partial charge is 0.325 e. The first-order valence-corrected chi connectivity index (χ1v) is 11.2. The SMILES string of the molecule is Cc1nc2c(c(=O)n1CC(=O)Nc1cccc(C(C)C)c1)CCN(Cc1ccccc1)C2. The number of carbonyl (C=O) groups excluding carboxylic acids is 1. The minimum absolute atomic E-state index is 0.0371. The molecule has 0 unspecified atom stereocenters. The fourth-order valence-corrected chi connectivity index (χ4v) is 4.18. The molecule has 6 nitrogen and oxygen atoms in total. The van der Waals surface area contributed by atoms with Crippen LogP contribution in [0, 0.1) is 6.92 Å². The number of hydrogen-bond donors (Lipinski definition) is 1. The van der Waals surface area contributed by atoms with Gasteiger partial charge in [0.25, 0.3) is 5.56 Å². The summed E-state index contributed by atoms with van der Waals surface area (Å²) >= 11 is 0. The maximum atomic E-state index is 13.2. The number of nitrogens with one attached hydrogen (secondary N) is 1. The number of nitrogens with zero attached hydrogens (tertiary/aromatic N) is 3. The Morgan fingerprint density at radius 1 is 1.12 bits per heavy atom. The maximum Gasteiger partial charge on any atom is 0.257 e. The number of carbonyl (C=O) groups is 1. The van der Waals surface area contributed by atoms with Crippen molar-refractivity contribution < 1.29 is 4.79 Å². The number of aromatic nitrogens is 2. The van der Waals surface area contributed by atoms with E-state index < -0.39 is 0 Å². The van der Waals surface area contributed by atoms with Gasteiger partial charge in [0.2, 0.25) is 5.91 Å². The Hall–Kier alpha value is -3.25. The van der Waals surface area contributed by atoms with Crippen molar-refractivity contribution in [2.45, 2.75) is 52.7 Å². The molecule has 0 spiro atoms. The van der Waals surface area contributed by atoms with E-state index >= 15 is 0 Å². The van der Waals surface area contributed by atoms with Crippen molar-refractivity contribution in [1.82, 2.24) is 14.5 Å². The Kier molecular flexibility index (Phi) is 6.51. The van der Waals surface area contributed by atoms with Gasteiger partial charge in [-0.05, 0) is 42.5 Å². The molecule has 1 aliphatic rings. The van der Waals surface area contributed by atoms with Crippen LogP contribution in [0.2, 0.25) is 0 Å². The fraction of sp³-hybridized carbons (Fsp3) is 0.346. The van der Waals surface area contributed by atoms with Crippen LogP contribution in [0.1, 0.15) is 48.0 Å². The summed E-state index contributed by atoms with van der Waals surface area (Å²) in [4.78, 5) is 32.9. The van der Waals surface area contributed by atoms with Gasteiger partial charge in [-0.1, -0.05) is 56.3 Å². The second-order valence-corrected chi connectivity index (χ2v) is 8.75. The molecule has 0 bridgehead atoms. The molecule has 0 saturated carbocycles. The van der Waals surface area contributed by atoms with E-state index in [2.05, 4.69) is 36.2 Å². The van der Waals surface area contributed by atoms with Crippen molar-refractivity contribution in [3.05, 3.63) is 93.2 Å². The highest BCUT2D eigenvalue weighted by Gasteiger charge is 2.23. The summed E-state index contributed by atoms with van der Waals surface area (Å²) in [5.41, 5.74) is 4.61. The van der Waals surface area contributed by atoms with Crippen molar-refractivity contribution in [3.63, 3.8) is 0 Å². The summed E-state index contributed by atoms with van der Waals surface area (Å²) in [6.45, 7) is 8.27. The molecule has 0 fully saturated rings. The second-order valence-electron chi connectivity index (χ2n) is 8.75. The molecule has 166 valence electrons. The van der Waals surface area contributed by atoms with Crippen molar-refractivity contribution >= 4 is 11.6 Å². The Labute approximate surface area is 188 Å². The van der Waals surface area contributed by atoms with Crippen molar-refractivity contribution in [2.75, 3.05) is 11.9 Å².